The highest BCUT2D eigenvalue weighted by atomic mass is 16.5. The molecule has 0 N–H and O–H groups in total. The molecule has 43 heavy (non-hydrogen) atoms. The van der Waals surface area contributed by atoms with Crippen LogP contribution in [0, 0.1) is 0 Å². The van der Waals surface area contributed by atoms with Gasteiger partial charge in [0.05, 0.1) is 5.41 Å². The number of benzene rings is 6. The summed E-state index contributed by atoms with van der Waals surface area (Å²) in [4.78, 5) is 23.6. The molecule has 1 aliphatic rings. The standard InChI is InChI=1S/C39H26O4/c1-3-37(40)42-31-19-15-25-21-29(17-13-27(25)23-31)39(35-11-7-5-9-33(35)34-10-6-8-12-36(34)39)30-18-14-28-24-32(43-38(41)4-2)20-16-26(28)22-30/h3-24H,1-2H2. The Morgan fingerprint density at radius 2 is 0.907 bits per heavy atom. The summed E-state index contributed by atoms with van der Waals surface area (Å²) in [6.07, 6.45) is 2.31. The Bertz CT molecular complexity index is 1970. The molecule has 0 bridgehead atoms. The van der Waals surface area contributed by atoms with E-state index in [4.69, 9.17) is 9.47 Å². The summed E-state index contributed by atoms with van der Waals surface area (Å²) >= 11 is 0. The number of esters is 2. The number of ether oxygens (including phenoxy) is 2. The maximum Gasteiger partial charge on any atom is 0.335 e. The van der Waals surface area contributed by atoms with Gasteiger partial charge in [0, 0.05) is 12.2 Å². The van der Waals surface area contributed by atoms with E-state index >= 15 is 0 Å². The molecule has 0 heterocycles. The highest BCUT2D eigenvalue weighted by Crippen LogP contribution is 2.56. The molecule has 4 heteroatoms. The predicted molar refractivity (Wildman–Crippen MR) is 170 cm³/mol. The molecule has 0 radical (unpaired) electrons. The van der Waals surface area contributed by atoms with E-state index in [2.05, 4.69) is 98.1 Å². The average molecular weight is 559 g/mol. The van der Waals surface area contributed by atoms with Crippen molar-refractivity contribution in [2.45, 2.75) is 5.41 Å². The zero-order chi connectivity index (χ0) is 29.6. The van der Waals surface area contributed by atoms with Crippen LogP contribution in [0.1, 0.15) is 22.3 Å². The zero-order valence-electron chi connectivity index (χ0n) is 23.2. The Kier molecular flexibility index (Phi) is 6.25. The monoisotopic (exact) mass is 558 g/mol. The lowest BCUT2D eigenvalue weighted by Crippen LogP contribution is -2.28. The Morgan fingerprint density at radius 1 is 0.512 bits per heavy atom. The van der Waals surface area contributed by atoms with Crippen molar-refractivity contribution in [1.82, 2.24) is 0 Å². The maximum absolute atomic E-state index is 11.8. The highest BCUT2D eigenvalue weighted by molar-refractivity contribution is 5.93. The highest BCUT2D eigenvalue weighted by Gasteiger charge is 2.46. The number of hydrogen-bond acceptors (Lipinski definition) is 4. The number of fused-ring (bicyclic) bond motifs is 5. The van der Waals surface area contributed by atoms with Gasteiger partial charge in [0.25, 0.3) is 0 Å². The van der Waals surface area contributed by atoms with Gasteiger partial charge < -0.3 is 9.47 Å². The van der Waals surface area contributed by atoms with Gasteiger partial charge in [-0.05, 0) is 91.3 Å². The molecule has 0 saturated carbocycles. The molecule has 7 rings (SSSR count). The molecule has 0 amide bonds. The van der Waals surface area contributed by atoms with E-state index in [-0.39, 0.29) is 0 Å². The molecule has 0 aliphatic heterocycles. The molecule has 0 aromatic heterocycles. The molecule has 206 valence electrons. The van der Waals surface area contributed by atoms with Crippen molar-refractivity contribution in [1.29, 1.82) is 0 Å². The molecule has 0 unspecified atom stereocenters. The van der Waals surface area contributed by atoms with Crippen molar-refractivity contribution < 1.29 is 19.1 Å². The van der Waals surface area contributed by atoms with E-state index < -0.39 is 17.4 Å². The largest absolute Gasteiger partial charge is 0.423 e. The lowest BCUT2D eigenvalue weighted by molar-refractivity contribution is -0.129. The van der Waals surface area contributed by atoms with Gasteiger partial charge in [-0.3, -0.25) is 0 Å². The van der Waals surface area contributed by atoms with Gasteiger partial charge in [0.1, 0.15) is 11.5 Å². The molecule has 4 nitrogen and oxygen atoms in total. The Morgan fingerprint density at radius 3 is 1.35 bits per heavy atom. The molecule has 0 fully saturated rings. The van der Waals surface area contributed by atoms with Gasteiger partial charge in [-0.2, -0.15) is 0 Å². The second-order valence-electron chi connectivity index (χ2n) is 10.5. The van der Waals surface area contributed by atoms with Crippen LogP contribution in [0.15, 0.2) is 147 Å². The third-order valence-corrected chi connectivity index (χ3v) is 8.21. The molecule has 1 aliphatic carbocycles. The summed E-state index contributed by atoms with van der Waals surface area (Å²) in [5.41, 5.74) is 6.50. The first-order valence-corrected chi connectivity index (χ1v) is 14.0. The summed E-state index contributed by atoms with van der Waals surface area (Å²) < 4.78 is 10.7. The van der Waals surface area contributed by atoms with Gasteiger partial charge >= 0.3 is 11.9 Å². The predicted octanol–water partition coefficient (Wildman–Crippen LogP) is 8.54. The Balaban J connectivity index is 1.46. The first-order chi connectivity index (χ1) is 21.0. The summed E-state index contributed by atoms with van der Waals surface area (Å²) in [6.45, 7) is 6.98. The summed E-state index contributed by atoms with van der Waals surface area (Å²) in [7, 11) is 0. The summed E-state index contributed by atoms with van der Waals surface area (Å²) in [5.74, 6) is -0.0269. The van der Waals surface area contributed by atoms with E-state index in [0.29, 0.717) is 11.5 Å². The van der Waals surface area contributed by atoms with Crippen LogP contribution in [0.25, 0.3) is 32.7 Å². The van der Waals surface area contributed by atoms with E-state index in [1.807, 2.05) is 36.4 Å². The third kappa shape index (κ3) is 4.23. The van der Waals surface area contributed by atoms with Crippen molar-refractivity contribution in [3.05, 3.63) is 169 Å². The van der Waals surface area contributed by atoms with Gasteiger partial charge in [-0.1, -0.05) is 98.1 Å². The first-order valence-electron chi connectivity index (χ1n) is 14.0. The molecule has 0 atom stereocenters. The minimum atomic E-state index is -0.586. The molecule has 6 aromatic rings. The Labute approximate surface area is 249 Å². The molecular formula is C39H26O4. The van der Waals surface area contributed by atoms with Crippen LogP contribution < -0.4 is 9.47 Å². The van der Waals surface area contributed by atoms with Crippen molar-refractivity contribution in [2.24, 2.45) is 0 Å². The van der Waals surface area contributed by atoms with Gasteiger partial charge in [0.2, 0.25) is 0 Å². The van der Waals surface area contributed by atoms with Crippen LogP contribution in [-0.4, -0.2) is 11.9 Å². The Hall–Kier alpha value is -5.74. The van der Waals surface area contributed by atoms with Crippen LogP contribution in [0.2, 0.25) is 0 Å². The second kappa shape index (κ2) is 10.3. The lowest BCUT2D eigenvalue weighted by Gasteiger charge is -2.34. The maximum atomic E-state index is 11.8. The van der Waals surface area contributed by atoms with Crippen molar-refractivity contribution in [3.63, 3.8) is 0 Å². The van der Waals surface area contributed by atoms with E-state index in [9.17, 15) is 9.59 Å². The lowest BCUT2D eigenvalue weighted by atomic mass is 9.67. The number of carbonyl (C=O) groups is 2. The fourth-order valence-corrected chi connectivity index (χ4v) is 6.38. The molecule has 0 spiro atoms. The van der Waals surface area contributed by atoms with E-state index in [1.165, 1.54) is 22.3 Å². The molecular weight excluding hydrogens is 532 g/mol. The first kappa shape index (κ1) is 26.2. The second-order valence-corrected chi connectivity index (χ2v) is 10.5. The van der Waals surface area contributed by atoms with Crippen LogP contribution in [-0.2, 0) is 15.0 Å². The number of carbonyl (C=O) groups excluding carboxylic acids is 2. The minimum absolute atomic E-state index is 0.476. The normalized spacial score (nSPS) is 12.7. The topological polar surface area (TPSA) is 52.6 Å². The third-order valence-electron chi connectivity index (χ3n) is 8.21. The van der Waals surface area contributed by atoms with Crippen LogP contribution in [0.5, 0.6) is 11.5 Å². The minimum Gasteiger partial charge on any atom is -0.423 e. The average Bonchev–Trinajstić information content (AvgIpc) is 3.35. The summed E-state index contributed by atoms with van der Waals surface area (Å²) in [6, 6.07) is 41.5. The zero-order valence-corrected chi connectivity index (χ0v) is 23.2. The van der Waals surface area contributed by atoms with Gasteiger partial charge in [0.15, 0.2) is 0 Å². The van der Waals surface area contributed by atoms with Crippen molar-refractivity contribution in [2.75, 3.05) is 0 Å². The number of hydrogen-bond donors (Lipinski definition) is 0. The van der Waals surface area contributed by atoms with E-state index in [1.54, 1.807) is 0 Å². The smallest absolute Gasteiger partial charge is 0.335 e. The van der Waals surface area contributed by atoms with Crippen LogP contribution in [0.3, 0.4) is 0 Å². The van der Waals surface area contributed by atoms with Crippen molar-refractivity contribution in [3.8, 4) is 22.6 Å². The SMILES string of the molecule is C=CC(=O)Oc1ccc2cc(C3(c4ccc5cc(OC(=O)C=C)ccc5c4)c4ccccc4-c4ccccc43)ccc2c1. The number of rotatable bonds is 6. The van der Waals surface area contributed by atoms with Crippen molar-refractivity contribution >= 4 is 33.5 Å². The van der Waals surface area contributed by atoms with Crippen LogP contribution in [0.4, 0.5) is 0 Å². The van der Waals surface area contributed by atoms with Gasteiger partial charge in [-0.15, -0.1) is 0 Å². The summed E-state index contributed by atoms with van der Waals surface area (Å²) in [5, 5.41) is 4.00. The van der Waals surface area contributed by atoms with Gasteiger partial charge in [-0.25, -0.2) is 9.59 Å². The fraction of sp³-hybridized carbons (Fsp3) is 0.0256. The molecule has 0 saturated heterocycles. The van der Waals surface area contributed by atoms with E-state index in [0.717, 1.165) is 44.8 Å². The quantitative estimate of drug-likeness (QED) is 0.117. The van der Waals surface area contributed by atoms with Crippen LogP contribution >= 0.6 is 0 Å². The fourth-order valence-electron chi connectivity index (χ4n) is 6.38. The molecule has 6 aromatic carbocycles.